The number of carbonyl (C=O) groups is 1. The summed E-state index contributed by atoms with van der Waals surface area (Å²) in [5.41, 5.74) is 0.774. The van der Waals surface area contributed by atoms with Crippen LogP contribution < -0.4 is 0 Å². The summed E-state index contributed by atoms with van der Waals surface area (Å²) in [6, 6.07) is 0. The molecule has 0 bridgehead atoms. The van der Waals surface area contributed by atoms with E-state index in [0.717, 1.165) is 25.7 Å². The molecule has 0 amide bonds. The highest BCUT2D eigenvalue weighted by Crippen LogP contribution is 2.65. The molecule has 0 aromatic rings. The van der Waals surface area contributed by atoms with E-state index < -0.39 is 0 Å². The number of aliphatic hydroxyl groups excluding tert-OH is 1. The Hall–Kier alpha value is -0.370. The minimum atomic E-state index is -0.159. The molecule has 118 valence electrons. The van der Waals surface area contributed by atoms with Crippen molar-refractivity contribution in [3.8, 4) is 0 Å². The van der Waals surface area contributed by atoms with E-state index in [-0.39, 0.29) is 6.10 Å². The molecule has 0 aromatic heterocycles. The fraction of sp³-hybridized carbons (Fsp3) is 0.947. The van der Waals surface area contributed by atoms with E-state index in [1.54, 1.807) is 0 Å². The van der Waals surface area contributed by atoms with E-state index in [9.17, 15) is 9.90 Å². The van der Waals surface area contributed by atoms with Crippen molar-refractivity contribution >= 4 is 5.78 Å². The zero-order valence-electron chi connectivity index (χ0n) is 13.6. The summed E-state index contributed by atoms with van der Waals surface area (Å²) in [6.45, 7) is 4.90. The molecule has 0 heterocycles. The van der Waals surface area contributed by atoms with Crippen molar-refractivity contribution < 1.29 is 9.90 Å². The van der Waals surface area contributed by atoms with E-state index in [1.165, 1.54) is 32.1 Å². The maximum atomic E-state index is 12.9. The molecule has 2 heteroatoms. The Morgan fingerprint density at radius 3 is 2.67 bits per heavy atom. The van der Waals surface area contributed by atoms with Gasteiger partial charge in [0, 0.05) is 12.3 Å². The monoisotopic (exact) mass is 290 g/mol. The van der Waals surface area contributed by atoms with Gasteiger partial charge in [0.25, 0.3) is 0 Å². The van der Waals surface area contributed by atoms with Crippen LogP contribution >= 0.6 is 0 Å². The average molecular weight is 290 g/mol. The second-order valence-corrected chi connectivity index (χ2v) is 9.13. The number of carbonyl (C=O) groups excluding carboxylic acids is 1. The first-order chi connectivity index (χ1) is 9.94. The van der Waals surface area contributed by atoms with Crippen LogP contribution in [0, 0.1) is 34.5 Å². The predicted molar refractivity (Wildman–Crippen MR) is 82.7 cm³/mol. The molecule has 21 heavy (non-hydrogen) atoms. The summed E-state index contributed by atoms with van der Waals surface area (Å²) in [6.07, 6.45) is 10.1. The minimum absolute atomic E-state index is 0.159. The molecule has 0 radical (unpaired) electrons. The molecule has 0 aliphatic heterocycles. The van der Waals surface area contributed by atoms with Crippen LogP contribution in [0.3, 0.4) is 0 Å². The highest BCUT2D eigenvalue weighted by molar-refractivity contribution is 5.83. The van der Waals surface area contributed by atoms with Gasteiger partial charge in [0.15, 0.2) is 0 Å². The summed E-state index contributed by atoms with van der Waals surface area (Å²) >= 11 is 0. The molecule has 4 aliphatic carbocycles. The molecule has 0 saturated heterocycles. The van der Waals surface area contributed by atoms with Gasteiger partial charge < -0.3 is 5.11 Å². The summed E-state index contributed by atoms with van der Waals surface area (Å²) in [5, 5.41) is 10.0. The van der Waals surface area contributed by atoms with Crippen molar-refractivity contribution in [1.29, 1.82) is 0 Å². The quantitative estimate of drug-likeness (QED) is 0.733. The first-order valence-electron chi connectivity index (χ1n) is 9.15. The third kappa shape index (κ3) is 1.90. The highest BCUT2D eigenvalue weighted by Gasteiger charge is 2.60. The van der Waals surface area contributed by atoms with Gasteiger partial charge in [-0.3, -0.25) is 4.79 Å². The lowest BCUT2D eigenvalue weighted by molar-refractivity contribution is -0.158. The molecule has 0 unspecified atom stereocenters. The normalized spacial score (nSPS) is 56.5. The summed E-state index contributed by atoms with van der Waals surface area (Å²) < 4.78 is 0. The number of ketones is 1. The highest BCUT2D eigenvalue weighted by atomic mass is 16.3. The second-order valence-electron chi connectivity index (χ2n) is 9.13. The molecule has 4 rings (SSSR count). The van der Waals surface area contributed by atoms with Gasteiger partial charge >= 0.3 is 0 Å². The van der Waals surface area contributed by atoms with Gasteiger partial charge in [0.05, 0.1) is 6.10 Å². The Bertz CT molecular complexity index is 458. The average Bonchev–Trinajstić information content (AvgIpc) is 2.82. The zero-order valence-corrected chi connectivity index (χ0v) is 13.6. The molecule has 1 N–H and O–H groups in total. The van der Waals surface area contributed by atoms with Gasteiger partial charge in [0.2, 0.25) is 0 Å². The second kappa shape index (κ2) is 4.57. The largest absolute Gasteiger partial charge is 0.393 e. The third-order valence-corrected chi connectivity index (χ3v) is 8.22. The molecule has 4 saturated carbocycles. The van der Waals surface area contributed by atoms with E-state index >= 15 is 0 Å². The van der Waals surface area contributed by atoms with Gasteiger partial charge in [-0.25, -0.2) is 0 Å². The molecule has 2 nitrogen and oxygen atoms in total. The standard InChI is InChI=1S/C19H30O2/c1-18-7-3-4-14(18)17-15(6-8-18)19(2)9-5-13(20)10-12(19)11-16(17)21/h12-15,17,20H,3-11H2,1-2H3/t12-,13-,14+,15+,17+,18+,19+/m1/s1. The first kappa shape index (κ1) is 14.2. The molecule has 0 spiro atoms. The fourth-order valence-corrected chi connectivity index (χ4v) is 6.90. The number of hydrogen-bond acceptors (Lipinski definition) is 2. The van der Waals surface area contributed by atoms with Crippen LogP contribution in [0.4, 0.5) is 0 Å². The minimum Gasteiger partial charge on any atom is -0.393 e. The Morgan fingerprint density at radius 1 is 1.05 bits per heavy atom. The van der Waals surface area contributed by atoms with Crippen LogP contribution in [-0.4, -0.2) is 17.0 Å². The number of hydrogen-bond donors (Lipinski definition) is 1. The van der Waals surface area contributed by atoms with Gasteiger partial charge in [-0.05, 0) is 73.5 Å². The zero-order chi connectivity index (χ0) is 14.8. The Morgan fingerprint density at radius 2 is 1.86 bits per heavy atom. The van der Waals surface area contributed by atoms with E-state index in [1.807, 2.05) is 0 Å². The lowest BCUT2D eigenvalue weighted by Crippen LogP contribution is -2.56. The molecule has 7 atom stereocenters. The van der Waals surface area contributed by atoms with Gasteiger partial charge in [-0.2, -0.15) is 0 Å². The van der Waals surface area contributed by atoms with E-state index in [2.05, 4.69) is 13.8 Å². The predicted octanol–water partition coefficient (Wildman–Crippen LogP) is 3.96. The van der Waals surface area contributed by atoms with Crippen molar-refractivity contribution in [2.24, 2.45) is 34.5 Å². The lowest BCUT2D eigenvalue weighted by Gasteiger charge is -2.59. The van der Waals surface area contributed by atoms with E-state index in [4.69, 9.17) is 0 Å². The Kier molecular flexibility index (Phi) is 3.10. The summed E-state index contributed by atoms with van der Waals surface area (Å²) in [5.74, 6) is 2.61. The van der Waals surface area contributed by atoms with Crippen LogP contribution in [0.1, 0.15) is 71.6 Å². The smallest absolute Gasteiger partial charge is 0.136 e. The topological polar surface area (TPSA) is 37.3 Å². The van der Waals surface area contributed by atoms with Crippen molar-refractivity contribution in [2.75, 3.05) is 0 Å². The SMILES string of the molecule is C[C@@]12CCC[C@H]1[C@@H]1C(=O)C[C@H]3C[C@H](O)CC[C@]3(C)[C@H]1CC2. The van der Waals surface area contributed by atoms with Crippen molar-refractivity contribution in [1.82, 2.24) is 0 Å². The van der Waals surface area contributed by atoms with Gasteiger partial charge in [-0.1, -0.05) is 20.3 Å². The third-order valence-electron chi connectivity index (χ3n) is 8.22. The first-order valence-corrected chi connectivity index (χ1v) is 9.15. The fourth-order valence-electron chi connectivity index (χ4n) is 6.90. The summed E-state index contributed by atoms with van der Waals surface area (Å²) in [7, 11) is 0. The maximum absolute atomic E-state index is 12.9. The number of fused-ring (bicyclic) bond motifs is 5. The molecule has 4 aliphatic rings. The van der Waals surface area contributed by atoms with E-state index in [0.29, 0.717) is 40.3 Å². The number of aliphatic hydroxyl groups is 1. The van der Waals surface area contributed by atoms with Crippen LogP contribution in [0.2, 0.25) is 0 Å². The maximum Gasteiger partial charge on any atom is 0.136 e. The molecule has 0 aromatic carbocycles. The van der Waals surface area contributed by atoms with Crippen LogP contribution in [-0.2, 0) is 4.79 Å². The van der Waals surface area contributed by atoms with Crippen LogP contribution in [0.5, 0.6) is 0 Å². The van der Waals surface area contributed by atoms with Crippen molar-refractivity contribution in [2.45, 2.75) is 77.7 Å². The van der Waals surface area contributed by atoms with Crippen LogP contribution in [0.15, 0.2) is 0 Å². The van der Waals surface area contributed by atoms with Crippen molar-refractivity contribution in [3.05, 3.63) is 0 Å². The van der Waals surface area contributed by atoms with Gasteiger partial charge in [-0.15, -0.1) is 0 Å². The number of rotatable bonds is 0. The Balaban J connectivity index is 1.69. The number of Topliss-reactive ketones (excluding diaryl/α,β-unsaturated/α-hetero) is 1. The lowest BCUT2D eigenvalue weighted by atomic mass is 9.45. The van der Waals surface area contributed by atoms with Crippen molar-refractivity contribution in [3.63, 3.8) is 0 Å². The summed E-state index contributed by atoms with van der Waals surface area (Å²) in [4.78, 5) is 12.9. The van der Waals surface area contributed by atoms with Crippen LogP contribution in [0.25, 0.3) is 0 Å². The Labute approximate surface area is 128 Å². The molecular formula is C19H30O2. The molecule has 4 fully saturated rings. The molecular weight excluding hydrogens is 260 g/mol. The van der Waals surface area contributed by atoms with Gasteiger partial charge in [0.1, 0.15) is 5.78 Å².